The van der Waals surface area contributed by atoms with E-state index >= 15 is 0 Å². The summed E-state index contributed by atoms with van der Waals surface area (Å²) in [5, 5.41) is 20.8. The van der Waals surface area contributed by atoms with Crippen LogP contribution in [0.2, 0.25) is 0 Å². The Bertz CT molecular complexity index is 1800. The SMILES string of the molecule is CC(C)(C)c1cc(NC(=O)Nc2ccc(-n3nc(-c4ccc(C(=O)NC5CNCCO5)cc4)c4c(N)ncnc43)cc2)no1. The first-order chi connectivity index (χ1) is 21.2. The molecule has 1 atom stereocenters. The van der Waals surface area contributed by atoms with Crippen LogP contribution >= 0.6 is 0 Å². The van der Waals surface area contributed by atoms with E-state index in [-0.39, 0.29) is 23.4 Å². The van der Waals surface area contributed by atoms with Crippen LogP contribution < -0.4 is 27.0 Å². The van der Waals surface area contributed by atoms with Gasteiger partial charge in [0.1, 0.15) is 29.8 Å². The number of amides is 3. The van der Waals surface area contributed by atoms with Gasteiger partial charge in [0.2, 0.25) is 0 Å². The van der Waals surface area contributed by atoms with E-state index in [9.17, 15) is 9.59 Å². The van der Waals surface area contributed by atoms with E-state index in [2.05, 4.69) is 36.4 Å². The van der Waals surface area contributed by atoms with E-state index in [1.54, 1.807) is 59.3 Å². The number of urea groups is 1. The van der Waals surface area contributed by atoms with Gasteiger partial charge in [-0.3, -0.25) is 10.1 Å². The van der Waals surface area contributed by atoms with Gasteiger partial charge in [-0.05, 0) is 36.4 Å². The molecule has 1 aliphatic heterocycles. The molecule has 0 saturated carbocycles. The number of carbonyl (C=O) groups excluding carboxylic acids is 2. The van der Waals surface area contributed by atoms with Crippen molar-refractivity contribution in [1.29, 1.82) is 0 Å². The Kier molecular flexibility index (Phi) is 7.67. The summed E-state index contributed by atoms with van der Waals surface area (Å²) in [6.45, 7) is 7.84. The lowest BCUT2D eigenvalue weighted by Crippen LogP contribution is -2.48. The van der Waals surface area contributed by atoms with E-state index in [1.165, 1.54) is 6.33 Å². The average molecular weight is 597 g/mol. The van der Waals surface area contributed by atoms with Crippen molar-refractivity contribution in [2.24, 2.45) is 0 Å². The molecule has 0 spiro atoms. The average Bonchev–Trinajstić information content (AvgIpc) is 3.64. The number of morpholine rings is 1. The Morgan fingerprint density at radius 1 is 1.05 bits per heavy atom. The molecule has 3 aromatic heterocycles. The molecule has 3 amide bonds. The number of nitrogens with zero attached hydrogens (tertiary/aromatic N) is 5. The van der Waals surface area contributed by atoms with Crippen LogP contribution in [0.15, 0.2) is 65.4 Å². The van der Waals surface area contributed by atoms with E-state index in [4.69, 9.17) is 20.1 Å². The minimum absolute atomic E-state index is 0.229. The van der Waals surface area contributed by atoms with Crippen molar-refractivity contribution in [3.05, 3.63) is 72.2 Å². The van der Waals surface area contributed by atoms with Crippen LogP contribution in [-0.2, 0) is 10.2 Å². The van der Waals surface area contributed by atoms with Crippen molar-refractivity contribution in [1.82, 2.24) is 35.5 Å². The van der Waals surface area contributed by atoms with E-state index in [1.807, 2.05) is 20.8 Å². The topological polar surface area (TPSA) is 187 Å². The lowest BCUT2D eigenvalue weighted by Gasteiger charge is -2.24. The van der Waals surface area contributed by atoms with E-state index in [0.29, 0.717) is 58.4 Å². The molecule has 226 valence electrons. The van der Waals surface area contributed by atoms with E-state index in [0.717, 1.165) is 12.1 Å². The van der Waals surface area contributed by atoms with Gasteiger partial charge in [-0.15, -0.1) is 0 Å². The summed E-state index contributed by atoms with van der Waals surface area (Å²) in [5.41, 5.74) is 9.59. The summed E-state index contributed by atoms with van der Waals surface area (Å²) in [6, 6.07) is 15.4. The Labute approximate surface area is 252 Å². The predicted molar refractivity (Wildman–Crippen MR) is 164 cm³/mol. The molecule has 44 heavy (non-hydrogen) atoms. The zero-order valence-corrected chi connectivity index (χ0v) is 24.4. The van der Waals surface area contributed by atoms with Gasteiger partial charge in [-0.25, -0.2) is 19.4 Å². The number of fused-ring (bicyclic) bond motifs is 1. The van der Waals surface area contributed by atoms with Crippen molar-refractivity contribution in [2.75, 3.05) is 36.1 Å². The standard InChI is InChI=1S/C30H32N10O4/c1-30(2,3)21-14-22(39-44-21)36-29(42)35-19-8-10-20(11-9-19)40-27-24(26(31)33-16-34-27)25(38-40)17-4-6-18(7-5-17)28(41)37-23-15-32-12-13-43-23/h4-11,14,16,23,32H,12-13,15H2,1-3H3,(H,37,41)(H2,31,33,34)(H2,35,36,39,42). The van der Waals surface area contributed by atoms with Crippen LogP contribution in [0, 0.1) is 0 Å². The number of hydrogen-bond donors (Lipinski definition) is 5. The molecule has 0 aliphatic carbocycles. The first-order valence-electron chi connectivity index (χ1n) is 14.0. The highest BCUT2D eigenvalue weighted by Gasteiger charge is 2.22. The molecule has 1 fully saturated rings. The second kappa shape index (κ2) is 11.7. The van der Waals surface area contributed by atoms with Crippen LogP contribution in [0.25, 0.3) is 28.0 Å². The Hall–Kier alpha value is -5.34. The van der Waals surface area contributed by atoms with Gasteiger partial charge in [-0.1, -0.05) is 38.1 Å². The van der Waals surface area contributed by atoms with Crippen molar-refractivity contribution in [3.8, 4) is 16.9 Å². The maximum Gasteiger partial charge on any atom is 0.324 e. The monoisotopic (exact) mass is 596 g/mol. The molecule has 14 heteroatoms. The number of carbonyl (C=O) groups is 2. The lowest BCUT2D eigenvalue weighted by atomic mass is 9.93. The summed E-state index contributed by atoms with van der Waals surface area (Å²) in [4.78, 5) is 33.9. The van der Waals surface area contributed by atoms with Gasteiger partial charge >= 0.3 is 6.03 Å². The van der Waals surface area contributed by atoms with Crippen LogP contribution in [0.4, 0.5) is 22.1 Å². The maximum atomic E-state index is 12.7. The molecule has 0 radical (unpaired) electrons. The molecule has 1 saturated heterocycles. The van der Waals surface area contributed by atoms with Crippen LogP contribution in [-0.4, -0.2) is 62.8 Å². The Balaban J connectivity index is 1.20. The molecule has 0 bridgehead atoms. The fourth-order valence-corrected chi connectivity index (χ4v) is 4.68. The smallest absolute Gasteiger partial charge is 0.324 e. The predicted octanol–water partition coefficient (Wildman–Crippen LogP) is 3.67. The molecule has 14 nitrogen and oxygen atoms in total. The Morgan fingerprint density at radius 3 is 2.50 bits per heavy atom. The van der Waals surface area contributed by atoms with Gasteiger partial charge < -0.3 is 30.9 Å². The second-order valence-corrected chi connectivity index (χ2v) is 11.3. The van der Waals surface area contributed by atoms with Crippen LogP contribution in [0.5, 0.6) is 0 Å². The molecular formula is C30H32N10O4. The van der Waals surface area contributed by atoms with Crippen molar-refractivity contribution < 1.29 is 18.8 Å². The second-order valence-electron chi connectivity index (χ2n) is 11.3. The third-order valence-corrected chi connectivity index (χ3v) is 6.99. The molecule has 6 N–H and O–H groups in total. The molecule has 4 heterocycles. The summed E-state index contributed by atoms with van der Waals surface area (Å²) in [7, 11) is 0. The number of nitrogen functional groups attached to an aromatic ring is 1. The molecule has 1 unspecified atom stereocenters. The number of anilines is 3. The zero-order chi connectivity index (χ0) is 30.8. The van der Waals surface area contributed by atoms with Crippen molar-refractivity contribution in [2.45, 2.75) is 32.4 Å². The fraction of sp³-hybridized carbons (Fsp3) is 0.267. The zero-order valence-electron chi connectivity index (χ0n) is 24.4. The van der Waals surface area contributed by atoms with Gasteiger partial charge in [0.15, 0.2) is 11.5 Å². The Morgan fingerprint density at radius 2 is 1.82 bits per heavy atom. The van der Waals surface area contributed by atoms with E-state index < -0.39 is 6.03 Å². The van der Waals surface area contributed by atoms with Crippen LogP contribution in [0.3, 0.4) is 0 Å². The van der Waals surface area contributed by atoms with Crippen molar-refractivity contribution >= 4 is 40.3 Å². The maximum absolute atomic E-state index is 12.7. The molecular weight excluding hydrogens is 564 g/mol. The molecule has 5 aromatic rings. The van der Waals surface area contributed by atoms with Crippen LogP contribution in [0.1, 0.15) is 36.9 Å². The quantitative estimate of drug-likeness (QED) is 0.194. The lowest BCUT2D eigenvalue weighted by molar-refractivity contribution is 0.00834. The molecule has 2 aromatic carbocycles. The summed E-state index contributed by atoms with van der Waals surface area (Å²) < 4.78 is 12.5. The number of nitrogens with two attached hydrogens (primary N) is 1. The molecule has 1 aliphatic rings. The summed E-state index contributed by atoms with van der Waals surface area (Å²) >= 11 is 0. The summed E-state index contributed by atoms with van der Waals surface area (Å²) in [5.74, 6) is 1.02. The normalized spacial score (nSPS) is 15.2. The highest BCUT2D eigenvalue weighted by atomic mass is 16.5. The number of nitrogens with one attached hydrogen (secondary N) is 4. The number of aromatic nitrogens is 5. The van der Waals surface area contributed by atoms with Gasteiger partial charge in [0, 0.05) is 41.4 Å². The van der Waals surface area contributed by atoms with Gasteiger partial charge in [0.25, 0.3) is 5.91 Å². The number of hydrogen-bond acceptors (Lipinski definition) is 10. The summed E-state index contributed by atoms with van der Waals surface area (Å²) in [6.07, 6.45) is 1.00. The number of benzene rings is 2. The first kappa shape index (κ1) is 28.8. The fourth-order valence-electron chi connectivity index (χ4n) is 4.68. The third kappa shape index (κ3) is 6.07. The minimum atomic E-state index is -0.459. The highest BCUT2D eigenvalue weighted by Crippen LogP contribution is 2.32. The third-order valence-electron chi connectivity index (χ3n) is 6.99. The van der Waals surface area contributed by atoms with Gasteiger partial charge in [0.05, 0.1) is 17.7 Å². The minimum Gasteiger partial charge on any atom is -0.383 e. The molecule has 6 rings (SSSR count). The number of rotatable bonds is 6. The van der Waals surface area contributed by atoms with Gasteiger partial charge in [-0.2, -0.15) is 5.10 Å². The largest absolute Gasteiger partial charge is 0.383 e. The van der Waals surface area contributed by atoms with Crippen molar-refractivity contribution in [3.63, 3.8) is 0 Å². The first-order valence-corrected chi connectivity index (χ1v) is 14.0. The highest BCUT2D eigenvalue weighted by molar-refractivity contribution is 6.01. The number of ether oxygens (including phenoxy) is 1.